The van der Waals surface area contributed by atoms with Crippen LogP contribution in [-0.2, 0) is 6.54 Å². The Morgan fingerprint density at radius 1 is 1.39 bits per heavy atom. The van der Waals surface area contributed by atoms with Gasteiger partial charge in [-0.15, -0.1) is 0 Å². The Morgan fingerprint density at radius 3 is 2.83 bits per heavy atom. The number of halogens is 1. The monoisotopic (exact) mass is 247 g/mol. The van der Waals surface area contributed by atoms with Crippen LogP contribution in [0.3, 0.4) is 0 Å². The van der Waals surface area contributed by atoms with Crippen molar-refractivity contribution in [2.24, 2.45) is 5.92 Å². The highest BCUT2D eigenvalue weighted by Gasteiger charge is 2.06. The highest BCUT2D eigenvalue weighted by Crippen LogP contribution is 2.20. The molecule has 0 spiro atoms. The van der Waals surface area contributed by atoms with E-state index in [0.717, 1.165) is 23.7 Å². The lowest BCUT2D eigenvalue weighted by atomic mass is 10.2. The Kier molecular flexibility index (Phi) is 3.65. The van der Waals surface area contributed by atoms with Crippen LogP contribution in [0.5, 0.6) is 0 Å². The normalized spacial score (nSPS) is 10.9. The zero-order valence-electron chi connectivity index (χ0n) is 10.9. The van der Waals surface area contributed by atoms with Crippen LogP contribution in [0.1, 0.15) is 19.4 Å². The first-order valence-corrected chi connectivity index (χ1v) is 6.10. The molecule has 0 aliphatic heterocycles. The molecular weight excluding hydrogens is 229 g/mol. The third-order valence-corrected chi connectivity index (χ3v) is 2.71. The zero-order chi connectivity index (χ0) is 13.1. The SMILES string of the molecule is Cc1cc(F)ccc1Nc1nccn1CC(C)C. The second-order valence-corrected chi connectivity index (χ2v) is 4.88. The maximum absolute atomic E-state index is 13.0. The molecule has 0 aliphatic rings. The number of nitrogens with zero attached hydrogens (tertiary/aromatic N) is 2. The Bertz CT molecular complexity index is 532. The number of aromatic nitrogens is 2. The quantitative estimate of drug-likeness (QED) is 0.892. The van der Waals surface area contributed by atoms with Gasteiger partial charge in [0.15, 0.2) is 0 Å². The molecule has 0 saturated carbocycles. The predicted octanol–water partition coefficient (Wildman–Crippen LogP) is 3.73. The third-order valence-electron chi connectivity index (χ3n) is 2.71. The summed E-state index contributed by atoms with van der Waals surface area (Å²) >= 11 is 0. The first-order chi connectivity index (χ1) is 8.56. The van der Waals surface area contributed by atoms with E-state index in [1.54, 1.807) is 12.3 Å². The van der Waals surface area contributed by atoms with Crippen molar-refractivity contribution in [1.82, 2.24) is 9.55 Å². The Morgan fingerprint density at radius 2 is 2.17 bits per heavy atom. The lowest BCUT2D eigenvalue weighted by Gasteiger charge is -2.13. The fraction of sp³-hybridized carbons (Fsp3) is 0.357. The smallest absolute Gasteiger partial charge is 0.207 e. The van der Waals surface area contributed by atoms with Crippen molar-refractivity contribution >= 4 is 11.6 Å². The summed E-state index contributed by atoms with van der Waals surface area (Å²) < 4.78 is 15.1. The third kappa shape index (κ3) is 2.88. The van der Waals surface area contributed by atoms with Gasteiger partial charge in [-0.3, -0.25) is 0 Å². The summed E-state index contributed by atoms with van der Waals surface area (Å²) in [6.07, 6.45) is 3.71. The molecule has 3 nitrogen and oxygen atoms in total. The Hall–Kier alpha value is -1.84. The lowest BCUT2D eigenvalue weighted by Crippen LogP contribution is -2.08. The number of hydrogen-bond acceptors (Lipinski definition) is 2. The van der Waals surface area contributed by atoms with E-state index in [4.69, 9.17) is 0 Å². The van der Waals surface area contributed by atoms with Crippen molar-refractivity contribution in [2.45, 2.75) is 27.3 Å². The first kappa shape index (κ1) is 12.6. The summed E-state index contributed by atoms with van der Waals surface area (Å²) in [7, 11) is 0. The molecule has 18 heavy (non-hydrogen) atoms. The molecule has 0 fully saturated rings. The molecule has 2 rings (SSSR count). The Balaban J connectivity index is 2.21. The van der Waals surface area contributed by atoms with Crippen LogP contribution in [0.25, 0.3) is 0 Å². The van der Waals surface area contributed by atoms with E-state index in [1.807, 2.05) is 13.1 Å². The number of rotatable bonds is 4. The van der Waals surface area contributed by atoms with Crippen LogP contribution >= 0.6 is 0 Å². The minimum absolute atomic E-state index is 0.219. The van der Waals surface area contributed by atoms with Gasteiger partial charge in [0, 0.05) is 24.6 Å². The molecule has 96 valence electrons. The number of aryl methyl sites for hydroxylation is 1. The average molecular weight is 247 g/mol. The van der Waals surface area contributed by atoms with Crippen molar-refractivity contribution in [3.63, 3.8) is 0 Å². The molecule has 0 amide bonds. The van der Waals surface area contributed by atoms with Crippen molar-refractivity contribution in [2.75, 3.05) is 5.32 Å². The molecule has 0 radical (unpaired) electrons. The van der Waals surface area contributed by atoms with Crippen LogP contribution in [0.2, 0.25) is 0 Å². The molecule has 4 heteroatoms. The minimum Gasteiger partial charge on any atom is -0.325 e. The summed E-state index contributed by atoms with van der Waals surface area (Å²) in [6, 6.07) is 4.70. The fourth-order valence-electron chi connectivity index (χ4n) is 1.86. The van der Waals surface area contributed by atoms with Crippen molar-refractivity contribution in [3.8, 4) is 0 Å². The number of nitrogens with one attached hydrogen (secondary N) is 1. The standard InChI is InChI=1S/C14H18FN3/c1-10(2)9-18-7-6-16-14(18)17-13-5-4-12(15)8-11(13)3/h4-8,10H,9H2,1-3H3,(H,16,17). The van der Waals surface area contributed by atoms with E-state index < -0.39 is 0 Å². The van der Waals surface area contributed by atoms with E-state index in [9.17, 15) is 4.39 Å². The van der Waals surface area contributed by atoms with Crippen molar-refractivity contribution in [3.05, 3.63) is 42.0 Å². The average Bonchev–Trinajstić information content (AvgIpc) is 2.69. The second-order valence-electron chi connectivity index (χ2n) is 4.88. The second kappa shape index (κ2) is 5.21. The van der Waals surface area contributed by atoms with Gasteiger partial charge in [-0.25, -0.2) is 9.37 Å². The zero-order valence-corrected chi connectivity index (χ0v) is 10.9. The minimum atomic E-state index is -0.219. The largest absolute Gasteiger partial charge is 0.325 e. The maximum Gasteiger partial charge on any atom is 0.207 e. The molecular formula is C14H18FN3. The van der Waals surface area contributed by atoms with Crippen LogP contribution in [-0.4, -0.2) is 9.55 Å². The van der Waals surface area contributed by atoms with Crippen LogP contribution in [0.4, 0.5) is 16.0 Å². The molecule has 1 aromatic carbocycles. The molecule has 0 aliphatic carbocycles. The highest BCUT2D eigenvalue weighted by molar-refractivity contribution is 5.58. The predicted molar refractivity (Wildman–Crippen MR) is 71.5 cm³/mol. The van der Waals surface area contributed by atoms with Crippen LogP contribution < -0.4 is 5.32 Å². The van der Waals surface area contributed by atoms with Gasteiger partial charge in [0.25, 0.3) is 0 Å². The molecule has 0 bridgehead atoms. The fourth-order valence-corrected chi connectivity index (χ4v) is 1.86. The van der Waals surface area contributed by atoms with Gasteiger partial charge < -0.3 is 9.88 Å². The maximum atomic E-state index is 13.0. The summed E-state index contributed by atoms with van der Waals surface area (Å²) in [4.78, 5) is 4.29. The van der Waals surface area contributed by atoms with Gasteiger partial charge >= 0.3 is 0 Å². The van der Waals surface area contributed by atoms with Gasteiger partial charge in [0.2, 0.25) is 5.95 Å². The van der Waals surface area contributed by atoms with Gasteiger partial charge in [-0.05, 0) is 36.6 Å². The topological polar surface area (TPSA) is 29.9 Å². The summed E-state index contributed by atoms with van der Waals surface area (Å²) in [5.74, 6) is 1.12. The van der Waals surface area contributed by atoms with E-state index >= 15 is 0 Å². The number of imidazole rings is 1. The van der Waals surface area contributed by atoms with E-state index in [0.29, 0.717) is 5.92 Å². The van der Waals surface area contributed by atoms with E-state index in [2.05, 4.69) is 28.7 Å². The summed E-state index contributed by atoms with van der Waals surface area (Å²) in [5.41, 5.74) is 1.75. The van der Waals surface area contributed by atoms with Gasteiger partial charge in [0.1, 0.15) is 5.82 Å². The molecule has 0 unspecified atom stereocenters. The van der Waals surface area contributed by atoms with Crippen molar-refractivity contribution < 1.29 is 4.39 Å². The van der Waals surface area contributed by atoms with E-state index in [-0.39, 0.29) is 5.82 Å². The van der Waals surface area contributed by atoms with E-state index in [1.165, 1.54) is 12.1 Å². The molecule has 1 heterocycles. The lowest BCUT2D eigenvalue weighted by molar-refractivity contribution is 0.527. The molecule has 2 aromatic rings. The van der Waals surface area contributed by atoms with Crippen LogP contribution in [0, 0.1) is 18.7 Å². The summed E-state index contributed by atoms with van der Waals surface area (Å²) in [6.45, 7) is 7.10. The number of benzene rings is 1. The molecule has 1 N–H and O–H groups in total. The molecule has 0 saturated heterocycles. The molecule has 1 aromatic heterocycles. The Labute approximate surface area is 107 Å². The first-order valence-electron chi connectivity index (χ1n) is 6.10. The van der Waals surface area contributed by atoms with Gasteiger partial charge in [-0.2, -0.15) is 0 Å². The van der Waals surface area contributed by atoms with Crippen LogP contribution in [0.15, 0.2) is 30.6 Å². The van der Waals surface area contributed by atoms with Gasteiger partial charge in [0.05, 0.1) is 0 Å². The molecule has 0 atom stereocenters. The number of hydrogen-bond donors (Lipinski definition) is 1. The summed E-state index contributed by atoms with van der Waals surface area (Å²) in [5, 5.41) is 3.24. The highest BCUT2D eigenvalue weighted by atomic mass is 19.1. The number of anilines is 2. The van der Waals surface area contributed by atoms with Crippen molar-refractivity contribution in [1.29, 1.82) is 0 Å². The van der Waals surface area contributed by atoms with Gasteiger partial charge in [-0.1, -0.05) is 13.8 Å².